The number of aliphatic carboxylic acids is 2. The van der Waals surface area contributed by atoms with E-state index in [9.17, 15) is 9.59 Å². The highest BCUT2D eigenvalue weighted by atomic mass is 16.4. The molecule has 0 fully saturated rings. The van der Waals surface area contributed by atoms with Crippen LogP contribution in [0.1, 0.15) is 13.3 Å². The molecule has 0 heterocycles. The molecule has 0 saturated carbocycles. The quantitative estimate of drug-likeness (QED) is 0.356. The Labute approximate surface area is 87.2 Å². The normalized spacial score (nSPS) is 13.0. The third-order valence-electron chi connectivity index (χ3n) is 1.64. The van der Waals surface area contributed by atoms with Gasteiger partial charge in [-0.2, -0.15) is 0 Å². The molecule has 0 unspecified atom stereocenters. The molecule has 0 rings (SSSR count). The Morgan fingerprint density at radius 3 is 2.20 bits per heavy atom. The number of allylic oxidation sites excluding steroid dienone is 1. The Morgan fingerprint density at radius 1 is 1.33 bits per heavy atom. The minimum Gasteiger partial charge on any atom is -0.478 e. The zero-order valence-electron chi connectivity index (χ0n) is 8.36. The first kappa shape index (κ1) is 13.0. The fourth-order valence-electron chi connectivity index (χ4n) is 0.835. The highest BCUT2D eigenvalue weighted by Crippen LogP contribution is 2.09. The van der Waals surface area contributed by atoms with Crippen LogP contribution in [0.2, 0.25) is 0 Å². The lowest BCUT2D eigenvalue weighted by Crippen LogP contribution is -2.10. The van der Waals surface area contributed by atoms with Gasteiger partial charge in [0.15, 0.2) is 0 Å². The molecule has 0 aromatic rings. The van der Waals surface area contributed by atoms with E-state index in [4.69, 9.17) is 15.9 Å². The molecule has 5 nitrogen and oxygen atoms in total. The topological polar surface area (TPSA) is 101 Å². The lowest BCUT2D eigenvalue weighted by atomic mass is 10.1. The van der Waals surface area contributed by atoms with Gasteiger partial charge >= 0.3 is 11.9 Å². The predicted molar refractivity (Wildman–Crippen MR) is 55.1 cm³/mol. The van der Waals surface area contributed by atoms with Crippen LogP contribution >= 0.6 is 0 Å². The first-order valence-corrected chi connectivity index (χ1v) is 4.14. The van der Waals surface area contributed by atoms with E-state index in [0.29, 0.717) is 0 Å². The summed E-state index contributed by atoms with van der Waals surface area (Å²) in [4.78, 5) is 21.3. The van der Waals surface area contributed by atoms with Crippen molar-refractivity contribution in [2.24, 2.45) is 5.73 Å². The van der Waals surface area contributed by atoms with Crippen molar-refractivity contribution < 1.29 is 19.8 Å². The molecular weight excluding hydrogens is 198 g/mol. The van der Waals surface area contributed by atoms with E-state index in [2.05, 4.69) is 6.58 Å². The van der Waals surface area contributed by atoms with E-state index in [1.54, 1.807) is 0 Å². The molecule has 15 heavy (non-hydrogen) atoms. The smallest absolute Gasteiger partial charge is 0.337 e. The van der Waals surface area contributed by atoms with Gasteiger partial charge in [-0.1, -0.05) is 6.08 Å². The summed E-state index contributed by atoms with van der Waals surface area (Å²) in [6, 6.07) is 0. The van der Waals surface area contributed by atoms with E-state index in [-0.39, 0.29) is 23.3 Å². The number of carbonyl (C=O) groups is 2. The summed E-state index contributed by atoms with van der Waals surface area (Å²) in [5, 5.41) is 17.4. The minimum atomic E-state index is -1.25. The summed E-state index contributed by atoms with van der Waals surface area (Å²) < 4.78 is 0. The average molecular weight is 211 g/mol. The number of rotatable bonds is 5. The Morgan fingerprint density at radius 2 is 1.87 bits per heavy atom. The van der Waals surface area contributed by atoms with Gasteiger partial charge in [-0.3, -0.25) is 0 Å². The maximum Gasteiger partial charge on any atom is 0.337 e. The molecule has 0 aromatic carbocycles. The fraction of sp³-hybridized carbons (Fsp3) is 0.200. The molecule has 0 amide bonds. The lowest BCUT2D eigenvalue weighted by molar-refractivity contribution is -0.132. The zero-order valence-corrected chi connectivity index (χ0v) is 8.36. The molecule has 0 aromatic heterocycles. The molecule has 0 aliphatic rings. The summed E-state index contributed by atoms with van der Waals surface area (Å²) >= 11 is 0. The summed E-state index contributed by atoms with van der Waals surface area (Å²) in [5.74, 6) is -2.44. The number of hydrogen-bond donors (Lipinski definition) is 3. The molecular formula is C10H13NO4. The second-order valence-corrected chi connectivity index (χ2v) is 2.87. The van der Waals surface area contributed by atoms with E-state index < -0.39 is 11.9 Å². The van der Waals surface area contributed by atoms with Gasteiger partial charge in [-0.05, 0) is 13.0 Å². The van der Waals surface area contributed by atoms with E-state index in [1.165, 1.54) is 13.0 Å². The van der Waals surface area contributed by atoms with Crippen molar-refractivity contribution >= 4 is 11.9 Å². The first-order chi connectivity index (χ1) is 6.90. The molecule has 0 saturated heterocycles. The predicted octanol–water partition coefficient (Wildman–Crippen LogP) is 0.891. The summed E-state index contributed by atoms with van der Waals surface area (Å²) in [5.41, 5.74) is 5.25. The van der Waals surface area contributed by atoms with E-state index in [0.717, 1.165) is 6.08 Å². The van der Waals surface area contributed by atoms with Crippen LogP contribution in [0.5, 0.6) is 0 Å². The van der Waals surface area contributed by atoms with Gasteiger partial charge < -0.3 is 15.9 Å². The number of nitrogens with two attached hydrogens (primary N) is 1. The van der Waals surface area contributed by atoms with E-state index in [1.807, 2.05) is 0 Å². The van der Waals surface area contributed by atoms with Crippen LogP contribution in [0.15, 0.2) is 35.6 Å². The van der Waals surface area contributed by atoms with Gasteiger partial charge in [0.2, 0.25) is 0 Å². The minimum absolute atomic E-state index is 0.0816. The summed E-state index contributed by atoms with van der Waals surface area (Å²) in [7, 11) is 0. The maximum absolute atomic E-state index is 10.8. The van der Waals surface area contributed by atoms with Crippen molar-refractivity contribution in [2.45, 2.75) is 13.3 Å². The number of carboxylic acids is 2. The van der Waals surface area contributed by atoms with Gasteiger partial charge in [-0.25, -0.2) is 9.59 Å². The Kier molecular flexibility index (Phi) is 4.87. The van der Waals surface area contributed by atoms with Gasteiger partial charge in [0, 0.05) is 17.7 Å². The van der Waals surface area contributed by atoms with Crippen molar-refractivity contribution in [3.63, 3.8) is 0 Å². The first-order valence-electron chi connectivity index (χ1n) is 4.14. The van der Waals surface area contributed by atoms with Crippen molar-refractivity contribution in [3.8, 4) is 0 Å². The maximum atomic E-state index is 10.8. The Balaban J connectivity index is 5.25. The lowest BCUT2D eigenvalue weighted by Gasteiger charge is -2.02. The van der Waals surface area contributed by atoms with Crippen LogP contribution in [-0.2, 0) is 9.59 Å². The molecule has 0 spiro atoms. The molecule has 0 atom stereocenters. The van der Waals surface area contributed by atoms with Crippen molar-refractivity contribution in [3.05, 3.63) is 35.6 Å². The van der Waals surface area contributed by atoms with E-state index >= 15 is 0 Å². The second kappa shape index (κ2) is 5.64. The number of hydrogen-bond acceptors (Lipinski definition) is 3. The van der Waals surface area contributed by atoms with Gasteiger partial charge in [0.05, 0.1) is 5.57 Å². The van der Waals surface area contributed by atoms with Crippen LogP contribution in [0.25, 0.3) is 0 Å². The molecule has 0 aliphatic carbocycles. The molecule has 0 aliphatic heterocycles. The molecule has 0 radical (unpaired) electrons. The summed E-state index contributed by atoms with van der Waals surface area (Å²) in [6.45, 7) is 4.71. The third-order valence-corrected chi connectivity index (χ3v) is 1.64. The standard InChI is InChI=1S/C10H13NO4/c1-3-4-8(11)7(10(14)15)5-6(2)9(12)13/h3,5H,1,4,11H2,2H3,(H,12,13)(H,14,15). The van der Waals surface area contributed by atoms with Gasteiger partial charge in [0.25, 0.3) is 0 Å². The van der Waals surface area contributed by atoms with Crippen molar-refractivity contribution in [1.29, 1.82) is 0 Å². The van der Waals surface area contributed by atoms with Crippen molar-refractivity contribution in [1.82, 2.24) is 0 Å². The Hall–Kier alpha value is -2.04. The SMILES string of the molecule is C=CCC(N)=C(C=C(C)C(=O)O)C(=O)O. The molecule has 5 heteroatoms. The van der Waals surface area contributed by atoms with Gasteiger partial charge in [0.1, 0.15) is 0 Å². The average Bonchev–Trinajstić information content (AvgIpc) is 2.13. The highest BCUT2D eigenvalue weighted by molar-refractivity contribution is 5.95. The monoisotopic (exact) mass is 211 g/mol. The third kappa shape index (κ3) is 4.12. The molecule has 0 bridgehead atoms. The van der Waals surface area contributed by atoms with Crippen LogP contribution in [0.3, 0.4) is 0 Å². The fourth-order valence-corrected chi connectivity index (χ4v) is 0.835. The highest BCUT2D eigenvalue weighted by Gasteiger charge is 2.11. The van der Waals surface area contributed by atoms with Gasteiger partial charge in [-0.15, -0.1) is 6.58 Å². The van der Waals surface area contributed by atoms with Crippen LogP contribution in [0.4, 0.5) is 0 Å². The van der Waals surface area contributed by atoms with Crippen LogP contribution < -0.4 is 5.73 Å². The largest absolute Gasteiger partial charge is 0.478 e. The Bertz CT molecular complexity index is 352. The van der Waals surface area contributed by atoms with Crippen LogP contribution in [-0.4, -0.2) is 22.2 Å². The molecule has 4 N–H and O–H groups in total. The van der Waals surface area contributed by atoms with Crippen LogP contribution in [0, 0.1) is 0 Å². The molecule has 82 valence electrons. The van der Waals surface area contributed by atoms with Crippen molar-refractivity contribution in [2.75, 3.05) is 0 Å². The zero-order chi connectivity index (χ0) is 12.0. The number of carboxylic acid groups (broad SMARTS) is 2. The second-order valence-electron chi connectivity index (χ2n) is 2.87. The summed E-state index contributed by atoms with van der Waals surface area (Å²) in [6.07, 6.45) is 2.68.